The lowest BCUT2D eigenvalue weighted by molar-refractivity contribution is -0.118. The second-order valence-corrected chi connectivity index (χ2v) is 6.98. The summed E-state index contributed by atoms with van der Waals surface area (Å²) in [7, 11) is 1.24. The Kier molecular flexibility index (Phi) is 5.60. The van der Waals surface area contributed by atoms with Crippen LogP contribution in [0.15, 0.2) is 42.5 Å². The third-order valence-corrected chi connectivity index (χ3v) is 5.30. The highest BCUT2D eigenvalue weighted by atomic mass is 32.1. The lowest BCUT2D eigenvalue weighted by atomic mass is 10.1. The van der Waals surface area contributed by atoms with Gasteiger partial charge in [0.15, 0.2) is 6.61 Å². The van der Waals surface area contributed by atoms with E-state index in [1.165, 1.54) is 7.11 Å². The molecule has 144 valence electrons. The molecule has 1 heterocycles. The molecule has 0 aliphatic carbocycles. The molecule has 0 fully saturated rings. The molecule has 0 aliphatic heterocycles. The van der Waals surface area contributed by atoms with E-state index in [0.29, 0.717) is 11.3 Å². The van der Waals surface area contributed by atoms with Gasteiger partial charge < -0.3 is 20.5 Å². The van der Waals surface area contributed by atoms with Crippen LogP contribution in [-0.4, -0.2) is 31.5 Å². The van der Waals surface area contributed by atoms with E-state index in [0.717, 1.165) is 22.1 Å². The fourth-order valence-corrected chi connectivity index (χ4v) is 3.90. The lowest BCUT2D eigenvalue weighted by Crippen LogP contribution is -2.22. The van der Waals surface area contributed by atoms with Gasteiger partial charge in [0.1, 0.15) is 15.6 Å². The van der Waals surface area contributed by atoms with Crippen LogP contribution >= 0.6 is 11.3 Å². The summed E-state index contributed by atoms with van der Waals surface area (Å²) in [5, 5.41) is 4.84. The molecule has 0 radical (unpaired) electrons. The van der Waals surface area contributed by atoms with Crippen LogP contribution in [0.3, 0.4) is 0 Å². The molecule has 3 rings (SSSR count). The molecule has 0 aliphatic rings. The van der Waals surface area contributed by atoms with Gasteiger partial charge in [-0.05, 0) is 35.4 Å². The molecule has 0 saturated carbocycles. The largest absolute Gasteiger partial charge is 0.484 e. The van der Waals surface area contributed by atoms with E-state index in [1.807, 2.05) is 36.4 Å². The molecule has 2 amide bonds. The van der Waals surface area contributed by atoms with E-state index in [4.69, 9.17) is 15.2 Å². The number of esters is 1. The number of ether oxygens (including phenoxy) is 2. The van der Waals surface area contributed by atoms with Crippen molar-refractivity contribution in [3.8, 4) is 5.75 Å². The molecule has 2 aromatic carbocycles. The molecule has 28 heavy (non-hydrogen) atoms. The standard InChI is InChI=1S/C20H18N2O5S/c1-11-16(18(21)24)19(28-17(11)20(25)26-2)22-15(23)10-27-14-8-7-12-5-3-4-6-13(12)9-14/h3-9H,10H2,1-2H3,(H2,21,24)(H,22,23). The van der Waals surface area contributed by atoms with Gasteiger partial charge in [0.2, 0.25) is 0 Å². The Labute approximate surface area is 165 Å². The second-order valence-electron chi connectivity index (χ2n) is 5.96. The number of amides is 2. The quantitative estimate of drug-likeness (QED) is 0.620. The van der Waals surface area contributed by atoms with Crippen LogP contribution in [0.5, 0.6) is 5.75 Å². The number of hydrogen-bond donors (Lipinski definition) is 2. The van der Waals surface area contributed by atoms with Crippen LogP contribution in [0.4, 0.5) is 5.00 Å². The number of methoxy groups -OCH3 is 1. The van der Waals surface area contributed by atoms with Crippen LogP contribution in [0.1, 0.15) is 25.6 Å². The summed E-state index contributed by atoms with van der Waals surface area (Å²) in [6.45, 7) is 1.31. The number of anilines is 1. The summed E-state index contributed by atoms with van der Waals surface area (Å²) in [6.07, 6.45) is 0. The summed E-state index contributed by atoms with van der Waals surface area (Å²) < 4.78 is 10.2. The van der Waals surface area contributed by atoms with Crippen molar-refractivity contribution in [3.05, 3.63) is 58.5 Å². The van der Waals surface area contributed by atoms with E-state index in [1.54, 1.807) is 13.0 Å². The van der Waals surface area contributed by atoms with Gasteiger partial charge in [0.05, 0.1) is 12.7 Å². The monoisotopic (exact) mass is 398 g/mol. The molecule has 0 spiro atoms. The number of rotatable bonds is 6. The Balaban J connectivity index is 1.73. The molecule has 0 saturated heterocycles. The zero-order chi connectivity index (χ0) is 20.3. The third-order valence-electron chi connectivity index (χ3n) is 4.11. The third kappa shape index (κ3) is 3.96. The van der Waals surface area contributed by atoms with Crippen LogP contribution in [0, 0.1) is 6.92 Å². The van der Waals surface area contributed by atoms with Gasteiger partial charge in [-0.2, -0.15) is 0 Å². The number of carbonyl (C=O) groups is 3. The Morgan fingerprint density at radius 2 is 1.82 bits per heavy atom. The molecule has 3 aromatic rings. The number of benzene rings is 2. The van der Waals surface area contributed by atoms with Crippen molar-refractivity contribution in [1.29, 1.82) is 0 Å². The van der Waals surface area contributed by atoms with Gasteiger partial charge in [-0.1, -0.05) is 30.3 Å². The van der Waals surface area contributed by atoms with E-state index >= 15 is 0 Å². The molecule has 8 heteroatoms. The van der Waals surface area contributed by atoms with Gasteiger partial charge in [-0.15, -0.1) is 11.3 Å². The van der Waals surface area contributed by atoms with Gasteiger partial charge >= 0.3 is 5.97 Å². The fourth-order valence-electron chi connectivity index (χ4n) is 2.75. The smallest absolute Gasteiger partial charge is 0.348 e. The zero-order valence-corrected chi connectivity index (χ0v) is 16.1. The van der Waals surface area contributed by atoms with Gasteiger partial charge in [0, 0.05) is 0 Å². The molecular weight excluding hydrogens is 380 g/mol. The predicted octanol–water partition coefficient (Wildman–Crippen LogP) is 3.11. The minimum absolute atomic E-state index is 0.0875. The van der Waals surface area contributed by atoms with E-state index in [2.05, 4.69) is 5.32 Å². The first-order chi connectivity index (χ1) is 13.4. The Hall–Kier alpha value is -3.39. The summed E-state index contributed by atoms with van der Waals surface area (Å²) >= 11 is 0.936. The Bertz CT molecular complexity index is 1070. The number of hydrogen-bond acceptors (Lipinski definition) is 6. The van der Waals surface area contributed by atoms with Gasteiger partial charge in [-0.25, -0.2) is 4.79 Å². The number of thiophene rings is 1. The van der Waals surface area contributed by atoms with Crippen molar-refractivity contribution in [3.63, 3.8) is 0 Å². The first-order valence-corrected chi connectivity index (χ1v) is 9.15. The number of nitrogens with one attached hydrogen (secondary N) is 1. The van der Waals surface area contributed by atoms with E-state index in [9.17, 15) is 14.4 Å². The van der Waals surface area contributed by atoms with Crippen molar-refractivity contribution in [2.45, 2.75) is 6.92 Å². The maximum atomic E-state index is 12.3. The normalized spacial score (nSPS) is 10.5. The first kappa shape index (κ1) is 19.4. The molecule has 1 aromatic heterocycles. The Morgan fingerprint density at radius 3 is 2.50 bits per heavy atom. The topological polar surface area (TPSA) is 108 Å². The highest BCUT2D eigenvalue weighted by molar-refractivity contribution is 7.18. The summed E-state index contributed by atoms with van der Waals surface area (Å²) in [5.41, 5.74) is 5.85. The maximum Gasteiger partial charge on any atom is 0.348 e. The van der Waals surface area contributed by atoms with Crippen molar-refractivity contribution >= 4 is 44.9 Å². The van der Waals surface area contributed by atoms with E-state index in [-0.39, 0.29) is 22.0 Å². The number of primary amides is 1. The van der Waals surface area contributed by atoms with Crippen molar-refractivity contribution < 1.29 is 23.9 Å². The highest BCUT2D eigenvalue weighted by Crippen LogP contribution is 2.33. The minimum atomic E-state index is -0.741. The van der Waals surface area contributed by atoms with Crippen LogP contribution in [-0.2, 0) is 9.53 Å². The summed E-state index contributed by atoms with van der Waals surface area (Å²) in [4.78, 5) is 36.1. The molecule has 0 bridgehead atoms. The molecular formula is C20H18N2O5S. The SMILES string of the molecule is COC(=O)c1sc(NC(=O)COc2ccc3ccccc3c2)c(C(N)=O)c1C. The van der Waals surface area contributed by atoms with Crippen molar-refractivity contribution in [2.24, 2.45) is 5.73 Å². The average Bonchev–Trinajstić information content (AvgIpc) is 3.01. The maximum absolute atomic E-state index is 12.3. The van der Waals surface area contributed by atoms with Crippen LogP contribution in [0.2, 0.25) is 0 Å². The first-order valence-electron chi connectivity index (χ1n) is 8.33. The number of nitrogens with two attached hydrogens (primary N) is 1. The van der Waals surface area contributed by atoms with Crippen LogP contribution in [0.25, 0.3) is 10.8 Å². The number of carbonyl (C=O) groups excluding carboxylic acids is 3. The predicted molar refractivity (Wildman–Crippen MR) is 107 cm³/mol. The lowest BCUT2D eigenvalue weighted by Gasteiger charge is -2.08. The van der Waals surface area contributed by atoms with Crippen molar-refractivity contribution in [1.82, 2.24) is 0 Å². The summed E-state index contributed by atoms with van der Waals surface area (Å²) in [5.74, 6) is -1.28. The van der Waals surface area contributed by atoms with Gasteiger partial charge in [0.25, 0.3) is 11.8 Å². The van der Waals surface area contributed by atoms with Crippen molar-refractivity contribution in [2.75, 3.05) is 19.0 Å². The molecule has 0 unspecified atom stereocenters. The molecule has 7 nitrogen and oxygen atoms in total. The Morgan fingerprint density at radius 1 is 1.11 bits per heavy atom. The highest BCUT2D eigenvalue weighted by Gasteiger charge is 2.24. The fraction of sp³-hybridized carbons (Fsp3) is 0.150. The van der Waals surface area contributed by atoms with Crippen LogP contribution < -0.4 is 15.8 Å². The van der Waals surface area contributed by atoms with Gasteiger partial charge in [-0.3, -0.25) is 9.59 Å². The second kappa shape index (κ2) is 8.10. The summed E-state index contributed by atoms with van der Waals surface area (Å²) in [6, 6.07) is 13.3. The molecule has 3 N–H and O–H groups in total. The zero-order valence-electron chi connectivity index (χ0n) is 15.3. The molecule has 0 atom stereocenters. The average molecular weight is 398 g/mol. The minimum Gasteiger partial charge on any atom is -0.484 e. The number of fused-ring (bicyclic) bond motifs is 1. The van der Waals surface area contributed by atoms with E-state index < -0.39 is 17.8 Å².